The summed E-state index contributed by atoms with van der Waals surface area (Å²) in [5.41, 5.74) is 0.768. The van der Waals surface area contributed by atoms with E-state index in [1.54, 1.807) is 12.1 Å². The van der Waals surface area contributed by atoms with Crippen LogP contribution in [0.1, 0.15) is 18.4 Å². The van der Waals surface area contributed by atoms with Crippen molar-refractivity contribution in [3.8, 4) is 6.07 Å². The summed E-state index contributed by atoms with van der Waals surface area (Å²) < 4.78 is 30.3. The summed E-state index contributed by atoms with van der Waals surface area (Å²) in [7, 11) is -0.812. The van der Waals surface area contributed by atoms with Gasteiger partial charge in [0, 0.05) is 20.0 Å². The van der Waals surface area contributed by atoms with Gasteiger partial charge in [-0.05, 0) is 24.1 Å². The fraction of sp³-hybridized carbons (Fsp3) is 0.429. The lowest BCUT2D eigenvalue weighted by molar-refractivity contribution is -0.140. The number of ether oxygens (including phenoxy) is 1. The summed E-state index contributed by atoms with van der Waals surface area (Å²) in [6, 6.07) is 8.22. The van der Waals surface area contributed by atoms with Crippen molar-refractivity contribution in [3.63, 3.8) is 0 Å². The minimum atomic E-state index is -3.58. The van der Waals surface area contributed by atoms with E-state index < -0.39 is 10.0 Å². The summed E-state index contributed by atoms with van der Waals surface area (Å²) in [6.45, 7) is 0.234. The zero-order chi connectivity index (χ0) is 15.9. The first-order valence-electron chi connectivity index (χ1n) is 6.41. The molecule has 0 saturated heterocycles. The molecular weight excluding hydrogens is 292 g/mol. The number of benzene rings is 1. The SMILES string of the molecule is COC(=O)CCCN(C)S(=O)(=O)c1ccc(CC#N)cc1. The second-order valence-corrected chi connectivity index (χ2v) is 6.53. The molecule has 6 nitrogen and oxygen atoms in total. The molecule has 0 fully saturated rings. The molecule has 0 aliphatic rings. The van der Waals surface area contributed by atoms with Gasteiger partial charge in [0.25, 0.3) is 0 Å². The molecule has 0 amide bonds. The Balaban J connectivity index is 2.71. The maximum atomic E-state index is 12.3. The van der Waals surface area contributed by atoms with Gasteiger partial charge in [0.2, 0.25) is 10.0 Å². The smallest absolute Gasteiger partial charge is 0.305 e. The summed E-state index contributed by atoms with van der Waals surface area (Å²) >= 11 is 0. The Morgan fingerprint density at radius 2 is 1.95 bits per heavy atom. The standard InChI is InChI=1S/C14H18N2O4S/c1-16(11-3-4-14(17)20-2)21(18,19)13-7-5-12(6-8-13)9-10-15/h5-8H,3-4,9,11H2,1-2H3. The van der Waals surface area contributed by atoms with Crippen molar-refractivity contribution in [3.05, 3.63) is 29.8 Å². The van der Waals surface area contributed by atoms with Crippen molar-refractivity contribution >= 4 is 16.0 Å². The van der Waals surface area contributed by atoms with Crippen molar-refractivity contribution in [1.29, 1.82) is 5.26 Å². The second kappa shape index (κ2) is 7.76. The van der Waals surface area contributed by atoms with Crippen molar-refractivity contribution in [2.45, 2.75) is 24.2 Å². The zero-order valence-corrected chi connectivity index (χ0v) is 12.9. The van der Waals surface area contributed by atoms with Crippen LogP contribution >= 0.6 is 0 Å². The van der Waals surface area contributed by atoms with Crippen LogP contribution in [0, 0.1) is 11.3 Å². The van der Waals surface area contributed by atoms with Crippen LogP contribution in [0.2, 0.25) is 0 Å². The maximum absolute atomic E-state index is 12.3. The molecule has 0 aliphatic heterocycles. The topological polar surface area (TPSA) is 87.5 Å². The second-order valence-electron chi connectivity index (χ2n) is 4.49. The normalized spacial score (nSPS) is 11.1. The minimum absolute atomic E-state index is 0.171. The monoisotopic (exact) mass is 310 g/mol. The van der Waals surface area contributed by atoms with E-state index in [-0.39, 0.29) is 30.3 Å². The molecule has 0 aliphatic carbocycles. The number of carbonyl (C=O) groups excluding carboxylic acids is 1. The summed E-state index contributed by atoms with van der Waals surface area (Å²) in [5, 5.41) is 8.59. The van der Waals surface area contributed by atoms with Gasteiger partial charge in [-0.2, -0.15) is 5.26 Å². The molecule has 0 atom stereocenters. The number of nitriles is 1. The molecule has 0 N–H and O–H groups in total. The van der Waals surface area contributed by atoms with Gasteiger partial charge in [0.05, 0.1) is 24.5 Å². The van der Waals surface area contributed by atoms with Crippen LogP contribution in [0.15, 0.2) is 29.2 Å². The van der Waals surface area contributed by atoms with Crippen LogP contribution in [0.3, 0.4) is 0 Å². The highest BCUT2D eigenvalue weighted by atomic mass is 32.2. The Morgan fingerprint density at radius 1 is 1.33 bits per heavy atom. The van der Waals surface area contributed by atoms with Gasteiger partial charge in [0.1, 0.15) is 0 Å². The lowest BCUT2D eigenvalue weighted by Gasteiger charge is -2.17. The van der Waals surface area contributed by atoms with Gasteiger partial charge in [-0.3, -0.25) is 4.79 Å². The number of hydrogen-bond acceptors (Lipinski definition) is 5. The minimum Gasteiger partial charge on any atom is -0.469 e. The van der Waals surface area contributed by atoms with Gasteiger partial charge in [-0.25, -0.2) is 12.7 Å². The van der Waals surface area contributed by atoms with Crippen molar-refractivity contribution in [1.82, 2.24) is 4.31 Å². The van der Waals surface area contributed by atoms with Crippen molar-refractivity contribution < 1.29 is 17.9 Å². The van der Waals surface area contributed by atoms with Gasteiger partial charge < -0.3 is 4.74 Å². The van der Waals surface area contributed by atoms with E-state index in [2.05, 4.69) is 4.74 Å². The number of sulfonamides is 1. The van der Waals surface area contributed by atoms with E-state index in [9.17, 15) is 13.2 Å². The van der Waals surface area contributed by atoms with Crippen LogP contribution in [-0.2, 0) is 26.0 Å². The molecule has 0 unspecified atom stereocenters. The van der Waals surface area contributed by atoms with Gasteiger partial charge in [0.15, 0.2) is 0 Å². The van der Waals surface area contributed by atoms with E-state index >= 15 is 0 Å². The predicted octanol–water partition coefficient (Wildman–Crippen LogP) is 1.33. The summed E-state index contributed by atoms with van der Waals surface area (Å²) in [6.07, 6.45) is 0.821. The lowest BCUT2D eigenvalue weighted by Crippen LogP contribution is -2.28. The highest BCUT2D eigenvalue weighted by Gasteiger charge is 2.20. The Bertz CT molecular complexity index is 617. The van der Waals surface area contributed by atoms with E-state index in [0.717, 1.165) is 5.56 Å². The quantitative estimate of drug-likeness (QED) is 0.709. The van der Waals surface area contributed by atoms with Crippen LogP contribution in [0.4, 0.5) is 0 Å². The van der Waals surface area contributed by atoms with E-state index in [1.165, 1.54) is 30.6 Å². The molecule has 0 radical (unpaired) electrons. The fourth-order valence-corrected chi connectivity index (χ4v) is 2.93. The Hall–Kier alpha value is -1.91. The number of nitrogens with zero attached hydrogens (tertiary/aromatic N) is 2. The average molecular weight is 310 g/mol. The predicted molar refractivity (Wildman–Crippen MR) is 76.8 cm³/mol. The maximum Gasteiger partial charge on any atom is 0.305 e. The van der Waals surface area contributed by atoms with Crippen LogP contribution in [0.25, 0.3) is 0 Å². The molecule has 114 valence electrons. The van der Waals surface area contributed by atoms with E-state index in [0.29, 0.717) is 6.42 Å². The molecule has 1 aromatic rings. The number of esters is 1. The summed E-state index contributed by atoms with van der Waals surface area (Å²) in [4.78, 5) is 11.2. The van der Waals surface area contributed by atoms with Gasteiger partial charge in [-0.15, -0.1) is 0 Å². The molecule has 0 spiro atoms. The molecule has 1 rings (SSSR count). The van der Waals surface area contributed by atoms with Crippen molar-refractivity contribution in [2.24, 2.45) is 0 Å². The number of carbonyl (C=O) groups is 1. The van der Waals surface area contributed by atoms with Gasteiger partial charge >= 0.3 is 5.97 Å². The Labute approximate surface area is 125 Å². The van der Waals surface area contributed by atoms with E-state index in [1.807, 2.05) is 6.07 Å². The third-order valence-electron chi connectivity index (χ3n) is 3.00. The first-order chi connectivity index (χ1) is 9.91. The van der Waals surface area contributed by atoms with Crippen LogP contribution in [-0.4, -0.2) is 39.4 Å². The number of hydrogen-bond donors (Lipinski definition) is 0. The van der Waals surface area contributed by atoms with Crippen LogP contribution in [0.5, 0.6) is 0 Å². The van der Waals surface area contributed by atoms with Crippen LogP contribution < -0.4 is 0 Å². The molecule has 0 bridgehead atoms. The highest BCUT2D eigenvalue weighted by Crippen LogP contribution is 2.16. The zero-order valence-electron chi connectivity index (χ0n) is 12.1. The number of rotatable bonds is 7. The molecule has 0 heterocycles. The third kappa shape index (κ3) is 4.85. The molecule has 7 heteroatoms. The van der Waals surface area contributed by atoms with Crippen molar-refractivity contribution in [2.75, 3.05) is 20.7 Å². The van der Waals surface area contributed by atoms with Gasteiger partial charge in [-0.1, -0.05) is 12.1 Å². The third-order valence-corrected chi connectivity index (χ3v) is 4.87. The molecule has 1 aromatic carbocycles. The first-order valence-corrected chi connectivity index (χ1v) is 7.85. The largest absolute Gasteiger partial charge is 0.469 e. The Kier molecular flexibility index (Phi) is 6.34. The molecule has 0 saturated carbocycles. The number of methoxy groups -OCH3 is 1. The molecule has 21 heavy (non-hydrogen) atoms. The highest BCUT2D eigenvalue weighted by molar-refractivity contribution is 7.89. The average Bonchev–Trinajstić information content (AvgIpc) is 2.47. The lowest BCUT2D eigenvalue weighted by atomic mass is 10.2. The molecular formula is C14H18N2O4S. The first kappa shape index (κ1) is 17.1. The Morgan fingerprint density at radius 3 is 2.48 bits per heavy atom. The van der Waals surface area contributed by atoms with E-state index in [4.69, 9.17) is 5.26 Å². The summed E-state index contributed by atoms with van der Waals surface area (Å²) in [5.74, 6) is -0.360. The molecule has 0 aromatic heterocycles. The fourth-order valence-electron chi connectivity index (χ4n) is 1.72.